The number of halogens is 3. The molecule has 0 radical (unpaired) electrons. The zero-order valence-corrected chi connectivity index (χ0v) is 25.6. The van der Waals surface area contributed by atoms with E-state index in [2.05, 4.69) is 30.7 Å². The van der Waals surface area contributed by atoms with Gasteiger partial charge in [-0.3, -0.25) is 23.8 Å². The number of amides is 1. The standard InChI is InChI=1S/C30H28Cl2FN9O2/c1-16(2)18-5-4-6-23(20-11-17(9-10-34-20)29-22(37-30(18)44)13-36-40(29)3)41-15-35-21(12-26(41)43)27-24(8-7-19(31)28(27)33)42-14-25(32)38-39-42/h7-16,18,23H,4-6H2,1-3H3,(H,37,44). The summed E-state index contributed by atoms with van der Waals surface area (Å²) in [6.07, 6.45) is 7.87. The third-order valence-electron chi connectivity index (χ3n) is 7.94. The number of aromatic nitrogens is 8. The van der Waals surface area contributed by atoms with Gasteiger partial charge in [-0.15, -0.1) is 5.10 Å². The molecule has 0 fully saturated rings. The zero-order valence-electron chi connectivity index (χ0n) is 24.1. The van der Waals surface area contributed by atoms with Crippen molar-refractivity contribution in [3.8, 4) is 28.2 Å². The minimum Gasteiger partial charge on any atom is -0.323 e. The molecule has 2 bridgehead atoms. The molecule has 0 saturated heterocycles. The normalized spacial score (nSPS) is 17.1. The van der Waals surface area contributed by atoms with Crippen LogP contribution in [0.2, 0.25) is 10.2 Å². The molecule has 1 amide bonds. The van der Waals surface area contributed by atoms with Gasteiger partial charge < -0.3 is 5.32 Å². The Bertz CT molecular complexity index is 1930. The minimum atomic E-state index is -0.759. The maximum atomic E-state index is 15.5. The lowest BCUT2D eigenvalue weighted by molar-refractivity contribution is -0.121. The van der Waals surface area contributed by atoms with Crippen LogP contribution < -0.4 is 10.9 Å². The first kappa shape index (κ1) is 29.6. The summed E-state index contributed by atoms with van der Waals surface area (Å²) in [6, 6.07) is 7.42. The van der Waals surface area contributed by atoms with Crippen LogP contribution in [0.1, 0.15) is 44.8 Å². The molecule has 0 aliphatic carbocycles. The van der Waals surface area contributed by atoms with Crippen molar-refractivity contribution in [2.24, 2.45) is 18.9 Å². The van der Waals surface area contributed by atoms with Crippen molar-refractivity contribution in [1.29, 1.82) is 0 Å². The molecular weight excluding hydrogens is 608 g/mol. The molecule has 2 atom stereocenters. The first-order valence-corrected chi connectivity index (χ1v) is 14.8. The van der Waals surface area contributed by atoms with Crippen molar-refractivity contribution < 1.29 is 9.18 Å². The molecule has 1 aliphatic heterocycles. The number of hydrogen-bond acceptors (Lipinski definition) is 7. The van der Waals surface area contributed by atoms with Gasteiger partial charge in [0.15, 0.2) is 11.0 Å². The van der Waals surface area contributed by atoms with Crippen molar-refractivity contribution in [2.75, 3.05) is 5.32 Å². The lowest BCUT2D eigenvalue weighted by atomic mass is 9.88. The van der Waals surface area contributed by atoms with E-state index >= 15 is 4.39 Å². The summed E-state index contributed by atoms with van der Waals surface area (Å²) in [6.45, 7) is 4.04. The second-order valence-electron chi connectivity index (χ2n) is 11.0. The average Bonchev–Trinajstić information content (AvgIpc) is 3.58. The molecule has 2 unspecified atom stereocenters. The maximum Gasteiger partial charge on any atom is 0.254 e. The van der Waals surface area contributed by atoms with Gasteiger partial charge in [-0.05, 0) is 43.0 Å². The molecule has 0 saturated carbocycles. The van der Waals surface area contributed by atoms with Gasteiger partial charge in [0.2, 0.25) is 5.91 Å². The van der Waals surface area contributed by atoms with Crippen LogP contribution in [0.5, 0.6) is 0 Å². The minimum absolute atomic E-state index is 0.0170. The van der Waals surface area contributed by atoms with E-state index in [9.17, 15) is 9.59 Å². The fourth-order valence-corrected chi connectivity index (χ4v) is 6.00. The van der Waals surface area contributed by atoms with Crippen molar-refractivity contribution >= 4 is 34.8 Å². The number of pyridine rings is 1. The van der Waals surface area contributed by atoms with E-state index in [0.29, 0.717) is 30.6 Å². The Morgan fingerprint density at radius 3 is 2.64 bits per heavy atom. The van der Waals surface area contributed by atoms with E-state index in [4.69, 9.17) is 23.2 Å². The summed E-state index contributed by atoms with van der Waals surface area (Å²) in [7, 11) is 1.80. The van der Waals surface area contributed by atoms with Gasteiger partial charge in [0, 0.05) is 30.8 Å². The Hall–Kier alpha value is -4.42. The summed E-state index contributed by atoms with van der Waals surface area (Å²) >= 11 is 12.1. The molecule has 5 aromatic rings. The van der Waals surface area contributed by atoms with Gasteiger partial charge >= 0.3 is 0 Å². The summed E-state index contributed by atoms with van der Waals surface area (Å²) in [5.74, 6) is -0.985. The molecule has 1 aromatic carbocycles. The molecule has 44 heavy (non-hydrogen) atoms. The van der Waals surface area contributed by atoms with Crippen molar-refractivity contribution in [1.82, 2.24) is 39.3 Å². The summed E-state index contributed by atoms with van der Waals surface area (Å²) in [5.41, 5.74) is 2.66. The summed E-state index contributed by atoms with van der Waals surface area (Å²) in [4.78, 5) is 36.3. The molecule has 11 nitrogen and oxygen atoms in total. The second kappa shape index (κ2) is 11.9. The summed E-state index contributed by atoms with van der Waals surface area (Å²) < 4.78 is 19.9. The predicted octanol–water partition coefficient (Wildman–Crippen LogP) is 5.72. The number of anilines is 1. The van der Waals surface area contributed by atoms with Crippen LogP contribution in [0.4, 0.5) is 10.1 Å². The van der Waals surface area contributed by atoms with Gasteiger partial charge in [-0.1, -0.05) is 48.7 Å². The summed E-state index contributed by atoms with van der Waals surface area (Å²) in [5, 5.41) is 15.1. The smallest absolute Gasteiger partial charge is 0.254 e. The number of hydrogen-bond donors (Lipinski definition) is 1. The Morgan fingerprint density at radius 2 is 1.91 bits per heavy atom. The molecule has 1 aliphatic rings. The first-order chi connectivity index (χ1) is 21.1. The third kappa shape index (κ3) is 5.50. The van der Waals surface area contributed by atoms with Crippen LogP contribution in [0.3, 0.4) is 0 Å². The highest BCUT2D eigenvalue weighted by Crippen LogP contribution is 2.35. The second-order valence-corrected chi connectivity index (χ2v) is 11.8. The maximum absolute atomic E-state index is 15.5. The Balaban J connectivity index is 1.46. The lowest BCUT2D eigenvalue weighted by Crippen LogP contribution is -2.29. The number of nitrogens with one attached hydrogen (secondary N) is 1. The molecule has 4 aromatic heterocycles. The van der Waals surface area contributed by atoms with E-state index in [1.165, 1.54) is 33.9 Å². The largest absolute Gasteiger partial charge is 0.323 e. The van der Waals surface area contributed by atoms with Crippen molar-refractivity contribution in [2.45, 2.75) is 39.2 Å². The zero-order chi connectivity index (χ0) is 31.1. The number of fused-ring (bicyclic) bond motifs is 4. The van der Waals surface area contributed by atoms with Gasteiger partial charge in [0.25, 0.3) is 5.56 Å². The van der Waals surface area contributed by atoms with Gasteiger partial charge in [0.05, 0.1) is 63.8 Å². The van der Waals surface area contributed by atoms with E-state index in [1.54, 1.807) is 30.2 Å². The number of nitrogens with zero attached hydrogens (tertiary/aromatic N) is 8. The highest BCUT2D eigenvalue weighted by atomic mass is 35.5. The predicted molar refractivity (Wildman–Crippen MR) is 164 cm³/mol. The molecule has 0 spiro atoms. The van der Waals surface area contributed by atoms with Crippen LogP contribution in [0.15, 0.2) is 60.0 Å². The molecule has 14 heteroatoms. The fourth-order valence-electron chi connectivity index (χ4n) is 5.72. The highest BCUT2D eigenvalue weighted by Gasteiger charge is 2.28. The van der Waals surface area contributed by atoms with E-state index in [0.717, 1.165) is 11.3 Å². The van der Waals surface area contributed by atoms with Gasteiger partial charge in [-0.25, -0.2) is 14.1 Å². The van der Waals surface area contributed by atoms with Gasteiger partial charge in [0.1, 0.15) is 0 Å². The Labute approximate surface area is 261 Å². The molecule has 5 heterocycles. The number of benzene rings is 1. The van der Waals surface area contributed by atoms with E-state index < -0.39 is 17.4 Å². The Morgan fingerprint density at radius 1 is 1.09 bits per heavy atom. The van der Waals surface area contributed by atoms with E-state index in [-0.39, 0.29) is 44.9 Å². The number of aryl methyl sites for hydroxylation is 1. The highest BCUT2D eigenvalue weighted by molar-refractivity contribution is 6.31. The van der Waals surface area contributed by atoms with Crippen molar-refractivity contribution in [3.05, 3.63) is 87.3 Å². The Kier molecular flexibility index (Phi) is 8.04. The molecule has 1 N–H and O–H groups in total. The van der Waals surface area contributed by atoms with E-state index in [1.807, 2.05) is 26.0 Å². The number of carbonyl (C=O) groups excluding carboxylic acids is 1. The van der Waals surface area contributed by atoms with Crippen molar-refractivity contribution in [3.63, 3.8) is 0 Å². The molecular formula is C30H28Cl2FN9O2. The topological polar surface area (TPSA) is 125 Å². The van der Waals surface area contributed by atoms with Gasteiger partial charge in [-0.2, -0.15) is 5.10 Å². The monoisotopic (exact) mass is 635 g/mol. The lowest BCUT2D eigenvalue weighted by Gasteiger charge is -2.24. The van der Waals surface area contributed by atoms with Crippen LogP contribution in [-0.4, -0.2) is 45.2 Å². The quantitative estimate of drug-likeness (QED) is 0.268. The average molecular weight is 637 g/mol. The molecule has 6 rings (SSSR count). The van der Waals surface area contributed by atoms with Crippen LogP contribution in [0.25, 0.3) is 28.2 Å². The number of rotatable bonds is 4. The SMILES string of the molecule is CC(C)C1CCCC(n2cnc(-c3c(-n4cc(Cl)nn4)ccc(Cl)c3F)cc2=O)c2cc(ccn2)-c2c(cnn2C)NC1=O. The number of carbonyl (C=O) groups is 1. The third-order valence-corrected chi connectivity index (χ3v) is 8.40. The molecule has 226 valence electrons. The fraction of sp³-hybridized carbons (Fsp3) is 0.300. The van der Waals surface area contributed by atoms with Crippen LogP contribution in [0, 0.1) is 17.7 Å². The van der Waals surface area contributed by atoms with Crippen LogP contribution >= 0.6 is 23.2 Å². The first-order valence-electron chi connectivity index (χ1n) is 14.1. The van der Waals surface area contributed by atoms with Crippen LogP contribution in [-0.2, 0) is 11.8 Å².